The third-order valence-electron chi connectivity index (χ3n) is 3.75. The molecule has 1 aliphatic heterocycles. The normalized spacial score (nSPS) is 26.2. The number of nitrogens with one attached hydrogen (secondary N) is 1. The van der Waals surface area contributed by atoms with Crippen LogP contribution in [0.2, 0.25) is 0 Å². The van der Waals surface area contributed by atoms with Gasteiger partial charge in [0.2, 0.25) is 0 Å². The van der Waals surface area contributed by atoms with Gasteiger partial charge in [-0.05, 0) is 19.4 Å². The summed E-state index contributed by atoms with van der Waals surface area (Å²) in [5.41, 5.74) is 5.48. The molecule has 18 heavy (non-hydrogen) atoms. The van der Waals surface area contributed by atoms with Crippen molar-refractivity contribution in [3.05, 3.63) is 0 Å². The van der Waals surface area contributed by atoms with E-state index in [1.807, 2.05) is 0 Å². The summed E-state index contributed by atoms with van der Waals surface area (Å²) in [6, 6.07) is 0. The minimum Gasteiger partial charge on any atom is -0.387 e. The van der Waals surface area contributed by atoms with Crippen LogP contribution in [0.3, 0.4) is 0 Å². The zero-order chi connectivity index (χ0) is 13.8. The minimum absolute atomic E-state index is 0.127. The molecule has 1 fully saturated rings. The van der Waals surface area contributed by atoms with E-state index in [1.54, 1.807) is 0 Å². The number of unbranched alkanes of at least 4 members (excludes halogenated alkanes) is 1. The Morgan fingerprint density at radius 3 is 2.33 bits per heavy atom. The smallest absolute Gasteiger partial charge is 0.0963 e. The summed E-state index contributed by atoms with van der Waals surface area (Å²) in [7, 11) is 0. The molecule has 0 aromatic heterocycles. The Bertz CT molecular complexity index is 268. The molecule has 4 heteroatoms. The Morgan fingerprint density at radius 2 is 1.83 bits per heavy atom. The molecular formula is C14H29N3S. The van der Waals surface area contributed by atoms with E-state index in [4.69, 9.17) is 11.1 Å². The van der Waals surface area contributed by atoms with Gasteiger partial charge in [0.1, 0.15) is 0 Å². The summed E-state index contributed by atoms with van der Waals surface area (Å²) in [5, 5.41) is 9.08. The van der Waals surface area contributed by atoms with Gasteiger partial charge in [-0.15, -0.1) is 0 Å². The van der Waals surface area contributed by atoms with Gasteiger partial charge in [-0.3, -0.25) is 5.41 Å². The number of nitrogens with two attached hydrogens (primary N) is 1. The van der Waals surface area contributed by atoms with E-state index < -0.39 is 0 Å². The standard InChI is InChI=1S/C14H29N3S/c1-11-9-17(10-12(2)18-11)8-6-5-7-14(3,4)13(15)16/h11-12H,5-10H2,1-4H3,(H3,15,16). The average Bonchev–Trinajstić information content (AvgIpc) is 2.23. The van der Waals surface area contributed by atoms with Crippen molar-refractivity contribution in [3.63, 3.8) is 0 Å². The van der Waals surface area contributed by atoms with Crippen LogP contribution in [-0.2, 0) is 0 Å². The van der Waals surface area contributed by atoms with E-state index in [-0.39, 0.29) is 5.41 Å². The maximum atomic E-state index is 7.55. The molecule has 1 aliphatic rings. The Balaban J connectivity index is 2.20. The summed E-state index contributed by atoms with van der Waals surface area (Å²) < 4.78 is 0. The van der Waals surface area contributed by atoms with Crippen molar-refractivity contribution >= 4 is 17.6 Å². The Kier molecular flexibility index (Phi) is 5.99. The number of amidine groups is 1. The highest BCUT2D eigenvalue weighted by Crippen LogP contribution is 2.26. The van der Waals surface area contributed by atoms with E-state index >= 15 is 0 Å². The van der Waals surface area contributed by atoms with Crippen LogP contribution in [0.5, 0.6) is 0 Å². The maximum absolute atomic E-state index is 7.55. The largest absolute Gasteiger partial charge is 0.387 e. The third kappa shape index (κ3) is 5.19. The van der Waals surface area contributed by atoms with E-state index in [0.717, 1.165) is 16.9 Å². The van der Waals surface area contributed by atoms with Crippen LogP contribution in [0, 0.1) is 10.8 Å². The summed E-state index contributed by atoms with van der Waals surface area (Å²) >= 11 is 2.11. The van der Waals surface area contributed by atoms with Crippen molar-refractivity contribution < 1.29 is 0 Å². The molecule has 2 atom stereocenters. The number of hydrogen-bond donors (Lipinski definition) is 2. The van der Waals surface area contributed by atoms with Crippen molar-refractivity contribution in [2.24, 2.45) is 11.1 Å². The molecule has 1 heterocycles. The van der Waals surface area contributed by atoms with Gasteiger partial charge in [0.15, 0.2) is 0 Å². The maximum Gasteiger partial charge on any atom is 0.0963 e. The fraction of sp³-hybridized carbons (Fsp3) is 0.929. The highest BCUT2D eigenvalue weighted by molar-refractivity contribution is 8.00. The van der Waals surface area contributed by atoms with Crippen molar-refractivity contribution in [2.75, 3.05) is 19.6 Å². The summed E-state index contributed by atoms with van der Waals surface area (Å²) in [5.74, 6) is 0.319. The average molecular weight is 271 g/mol. The molecule has 0 spiro atoms. The zero-order valence-electron chi connectivity index (χ0n) is 12.3. The predicted octanol–water partition coefficient (Wildman–Crippen LogP) is 2.94. The molecule has 0 aromatic rings. The van der Waals surface area contributed by atoms with Crippen molar-refractivity contribution in [3.8, 4) is 0 Å². The van der Waals surface area contributed by atoms with Gasteiger partial charge in [-0.25, -0.2) is 0 Å². The van der Waals surface area contributed by atoms with Crippen molar-refractivity contribution in [1.29, 1.82) is 5.41 Å². The molecule has 0 bridgehead atoms. The fourth-order valence-electron chi connectivity index (χ4n) is 2.50. The SMILES string of the molecule is CC1CN(CCCCC(C)(C)C(=N)N)CC(C)S1. The lowest BCUT2D eigenvalue weighted by Gasteiger charge is -2.34. The molecule has 0 amide bonds. The lowest BCUT2D eigenvalue weighted by molar-refractivity contribution is 0.260. The minimum atomic E-state index is -0.127. The third-order valence-corrected chi connectivity index (χ3v) is 4.98. The topological polar surface area (TPSA) is 53.1 Å². The number of nitrogens with zero attached hydrogens (tertiary/aromatic N) is 1. The molecule has 3 N–H and O–H groups in total. The van der Waals surface area contributed by atoms with Crippen LogP contribution >= 0.6 is 11.8 Å². The lowest BCUT2D eigenvalue weighted by atomic mass is 9.86. The van der Waals surface area contributed by atoms with E-state index in [9.17, 15) is 0 Å². The molecule has 0 radical (unpaired) electrons. The van der Waals surface area contributed by atoms with Gasteiger partial charge in [0.05, 0.1) is 5.84 Å². The van der Waals surface area contributed by atoms with Crippen LogP contribution in [0.15, 0.2) is 0 Å². The second kappa shape index (κ2) is 6.80. The van der Waals surface area contributed by atoms with Crippen molar-refractivity contribution in [2.45, 2.75) is 57.5 Å². The van der Waals surface area contributed by atoms with Gasteiger partial charge in [-0.2, -0.15) is 11.8 Å². The number of hydrogen-bond acceptors (Lipinski definition) is 3. The number of rotatable bonds is 6. The quantitative estimate of drug-likeness (QED) is 0.444. The van der Waals surface area contributed by atoms with Gasteiger partial charge in [0.25, 0.3) is 0 Å². The highest BCUT2D eigenvalue weighted by atomic mass is 32.2. The van der Waals surface area contributed by atoms with Crippen LogP contribution < -0.4 is 5.73 Å². The Morgan fingerprint density at radius 1 is 1.28 bits per heavy atom. The zero-order valence-corrected chi connectivity index (χ0v) is 13.1. The molecular weight excluding hydrogens is 242 g/mol. The van der Waals surface area contributed by atoms with Crippen LogP contribution in [0.4, 0.5) is 0 Å². The first-order chi connectivity index (χ1) is 8.31. The predicted molar refractivity (Wildman–Crippen MR) is 82.5 cm³/mol. The lowest BCUT2D eigenvalue weighted by Crippen LogP contribution is -2.40. The van der Waals surface area contributed by atoms with E-state index in [0.29, 0.717) is 5.84 Å². The highest BCUT2D eigenvalue weighted by Gasteiger charge is 2.23. The fourth-order valence-corrected chi connectivity index (χ4v) is 3.89. The molecule has 3 nitrogen and oxygen atoms in total. The summed E-state index contributed by atoms with van der Waals surface area (Å²) in [6.07, 6.45) is 3.41. The van der Waals surface area contributed by atoms with Crippen molar-refractivity contribution in [1.82, 2.24) is 4.90 Å². The first kappa shape index (κ1) is 15.8. The molecule has 1 rings (SSSR count). The van der Waals surface area contributed by atoms with Gasteiger partial charge < -0.3 is 10.6 Å². The van der Waals surface area contributed by atoms with Gasteiger partial charge in [-0.1, -0.05) is 34.1 Å². The molecule has 2 unspecified atom stereocenters. The monoisotopic (exact) mass is 271 g/mol. The van der Waals surface area contributed by atoms with Gasteiger partial charge in [0, 0.05) is 29.0 Å². The van der Waals surface area contributed by atoms with E-state index in [1.165, 1.54) is 32.5 Å². The second-order valence-corrected chi connectivity index (χ2v) is 8.15. The first-order valence-corrected chi connectivity index (χ1v) is 7.98. The molecule has 106 valence electrons. The second-order valence-electron chi connectivity index (χ2n) is 6.27. The van der Waals surface area contributed by atoms with E-state index in [2.05, 4.69) is 44.4 Å². The first-order valence-electron chi connectivity index (χ1n) is 7.03. The van der Waals surface area contributed by atoms with Crippen LogP contribution in [0.1, 0.15) is 47.0 Å². The number of thioether (sulfide) groups is 1. The van der Waals surface area contributed by atoms with Gasteiger partial charge >= 0.3 is 0 Å². The summed E-state index contributed by atoms with van der Waals surface area (Å²) in [6.45, 7) is 12.4. The molecule has 1 saturated heterocycles. The van der Waals surface area contributed by atoms with Crippen LogP contribution in [-0.4, -0.2) is 40.9 Å². The Labute approximate surface area is 116 Å². The molecule has 0 saturated carbocycles. The molecule has 0 aliphatic carbocycles. The van der Waals surface area contributed by atoms with Crippen LogP contribution in [0.25, 0.3) is 0 Å². The molecule has 0 aromatic carbocycles. The Hall–Kier alpha value is -0.220. The summed E-state index contributed by atoms with van der Waals surface area (Å²) in [4.78, 5) is 2.59.